The number of nitrogens with one attached hydrogen (secondary N) is 1. The van der Waals surface area contributed by atoms with Crippen molar-refractivity contribution in [2.24, 2.45) is 11.1 Å². The van der Waals surface area contributed by atoms with Crippen molar-refractivity contribution in [3.05, 3.63) is 0 Å². The standard InChI is InChI=1S/C12H20N2O2S/c1-3-12(2,10(13)17)11(15)14-8-6-7-4-5-9(8)16-7/h7-9H,3-6H2,1-2H3,(H2,13,17)(H,14,15). The predicted molar refractivity (Wildman–Crippen MR) is 69.6 cm³/mol. The van der Waals surface area contributed by atoms with Crippen LogP contribution in [0, 0.1) is 5.41 Å². The molecule has 4 atom stereocenters. The zero-order valence-electron chi connectivity index (χ0n) is 10.4. The highest BCUT2D eigenvalue weighted by Gasteiger charge is 2.44. The van der Waals surface area contributed by atoms with E-state index < -0.39 is 5.41 Å². The lowest BCUT2D eigenvalue weighted by molar-refractivity contribution is -0.128. The quantitative estimate of drug-likeness (QED) is 0.740. The van der Waals surface area contributed by atoms with Crippen LogP contribution in [0.4, 0.5) is 0 Å². The van der Waals surface area contributed by atoms with Crippen molar-refractivity contribution in [2.75, 3.05) is 0 Å². The van der Waals surface area contributed by atoms with Crippen molar-refractivity contribution in [3.8, 4) is 0 Å². The summed E-state index contributed by atoms with van der Waals surface area (Å²) in [5.74, 6) is -0.0614. The van der Waals surface area contributed by atoms with Gasteiger partial charge in [0.2, 0.25) is 5.91 Å². The van der Waals surface area contributed by atoms with Gasteiger partial charge in [0.05, 0.1) is 28.7 Å². The van der Waals surface area contributed by atoms with E-state index in [0.29, 0.717) is 12.5 Å². The normalized spacial score (nSPS) is 34.4. The maximum absolute atomic E-state index is 12.2. The Hall–Kier alpha value is -0.680. The molecule has 3 N–H and O–H groups in total. The van der Waals surface area contributed by atoms with Gasteiger partial charge in [-0.2, -0.15) is 0 Å². The van der Waals surface area contributed by atoms with Crippen molar-refractivity contribution in [3.63, 3.8) is 0 Å². The molecule has 0 aromatic rings. The average molecular weight is 256 g/mol. The molecule has 2 heterocycles. The summed E-state index contributed by atoms with van der Waals surface area (Å²) < 4.78 is 5.71. The minimum Gasteiger partial charge on any atom is -0.392 e. The fourth-order valence-electron chi connectivity index (χ4n) is 2.56. The third kappa shape index (κ3) is 2.18. The Morgan fingerprint density at radius 3 is 2.71 bits per heavy atom. The second-order valence-corrected chi connectivity index (χ2v) is 5.68. The summed E-state index contributed by atoms with van der Waals surface area (Å²) in [7, 11) is 0. The first kappa shape index (κ1) is 12.8. The lowest BCUT2D eigenvalue weighted by atomic mass is 9.85. The van der Waals surface area contributed by atoms with E-state index in [1.165, 1.54) is 0 Å². The molecule has 1 amide bonds. The van der Waals surface area contributed by atoms with Crippen molar-refractivity contribution in [2.45, 2.75) is 57.8 Å². The highest BCUT2D eigenvalue weighted by atomic mass is 32.1. The monoisotopic (exact) mass is 256 g/mol. The molecular weight excluding hydrogens is 236 g/mol. The Balaban J connectivity index is 1.99. The second kappa shape index (κ2) is 4.53. The van der Waals surface area contributed by atoms with Gasteiger partial charge in [0, 0.05) is 0 Å². The molecule has 0 aromatic heterocycles. The summed E-state index contributed by atoms with van der Waals surface area (Å²) in [4.78, 5) is 12.5. The van der Waals surface area contributed by atoms with Crippen LogP contribution >= 0.6 is 12.2 Å². The summed E-state index contributed by atoms with van der Waals surface area (Å²) in [6, 6.07) is 0.140. The third-order valence-corrected chi connectivity index (χ3v) is 4.63. The van der Waals surface area contributed by atoms with Crippen LogP contribution in [0.5, 0.6) is 0 Å². The average Bonchev–Trinajstić information content (AvgIpc) is 2.89. The Bertz CT molecular complexity index is 347. The number of fused-ring (bicyclic) bond motifs is 2. The van der Waals surface area contributed by atoms with Crippen LogP contribution in [-0.2, 0) is 9.53 Å². The van der Waals surface area contributed by atoms with Gasteiger partial charge in [0.25, 0.3) is 0 Å². The smallest absolute Gasteiger partial charge is 0.233 e. The number of ether oxygens (including phenoxy) is 1. The van der Waals surface area contributed by atoms with Crippen LogP contribution in [-0.4, -0.2) is 29.1 Å². The molecule has 96 valence electrons. The van der Waals surface area contributed by atoms with E-state index in [4.69, 9.17) is 22.7 Å². The van der Waals surface area contributed by atoms with Crippen LogP contribution in [0.1, 0.15) is 39.5 Å². The topological polar surface area (TPSA) is 64.3 Å². The van der Waals surface area contributed by atoms with Crippen LogP contribution in [0.25, 0.3) is 0 Å². The van der Waals surface area contributed by atoms with E-state index in [1.54, 1.807) is 6.92 Å². The Morgan fingerprint density at radius 2 is 2.29 bits per heavy atom. The third-order valence-electron chi connectivity index (χ3n) is 4.17. The number of hydrogen-bond donors (Lipinski definition) is 2. The SMILES string of the molecule is CCC(C)(C(=O)NC1CC2CCC1O2)C(N)=S. The molecule has 2 bridgehead atoms. The van der Waals surface area contributed by atoms with Gasteiger partial charge in [-0.05, 0) is 32.6 Å². The molecular formula is C12H20N2O2S. The molecule has 2 saturated heterocycles. The Kier molecular flexibility index (Phi) is 3.41. The van der Waals surface area contributed by atoms with Gasteiger partial charge in [0.1, 0.15) is 0 Å². The number of amides is 1. The minimum atomic E-state index is -0.739. The van der Waals surface area contributed by atoms with Crippen molar-refractivity contribution >= 4 is 23.1 Å². The molecule has 0 spiro atoms. The maximum atomic E-state index is 12.2. The summed E-state index contributed by atoms with van der Waals surface area (Å²) in [5, 5.41) is 3.05. The highest BCUT2D eigenvalue weighted by Crippen LogP contribution is 2.35. The fraction of sp³-hybridized carbons (Fsp3) is 0.833. The molecule has 2 fully saturated rings. The van der Waals surface area contributed by atoms with Crippen molar-refractivity contribution in [1.29, 1.82) is 0 Å². The largest absolute Gasteiger partial charge is 0.392 e. The van der Waals surface area contributed by atoms with Gasteiger partial charge in [0.15, 0.2) is 0 Å². The van der Waals surface area contributed by atoms with Crippen LogP contribution in [0.15, 0.2) is 0 Å². The molecule has 5 heteroatoms. The van der Waals surface area contributed by atoms with E-state index in [0.717, 1.165) is 19.3 Å². The summed E-state index contributed by atoms with van der Waals surface area (Å²) in [6.07, 6.45) is 4.24. The first-order valence-corrected chi connectivity index (χ1v) is 6.64. The van der Waals surface area contributed by atoms with Gasteiger partial charge in [-0.3, -0.25) is 4.79 Å². The highest BCUT2D eigenvalue weighted by molar-refractivity contribution is 7.80. The molecule has 0 radical (unpaired) electrons. The number of rotatable bonds is 4. The molecule has 0 aromatic carbocycles. The van der Waals surface area contributed by atoms with Gasteiger partial charge in [-0.1, -0.05) is 19.1 Å². The number of nitrogens with two attached hydrogens (primary N) is 1. The van der Waals surface area contributed by atoms with E-state index in [9.17, 15) is 4.79 Å². The lowest BCUT2D eigenvalue weighted by Gasteiger charge is -2.29. The van der Waals surface area contributed by atoms with E-state index in [-0.39, 0.29) is 23.0 Å². The molecule has 2 aliphatic heterocycles. The fourth-order valence-corrected chi connectivity index (χ4v) is 2.80. The first-order chi connectivity index (χ1) is 7.97. The van der Waals surface area contributed by atoms with Gasteiger partial charge < -0.3 is 15.8 Å². The minimum absolute atomic E-state index is 0.0614. The molecule has 2 aliphatic rings. The van der Waals surface area contributed by atoms with Gasteiger partial charge >= 0.3 is 0 Å². The van der Waals surface area contributed by atoms with Crippen molar-refractivity contribution < 1.29 is 9.53 Å². The molecule has 4 unspecified atom stereocenters. The number of hydrogen-bond acceptors (Lipinski definition) is 3. The zero-order chi connectivity index (χ0) is 12.6. The lowest BCUT2D eigenvalue weighted by Crippen LogP contribution is -2.51. The van der Waals surface area contributed by atoms with Crippen LogP contribution in [0.2, 0.25) is 0 Å². The molecule has 4 nitrogen and oxygen atoms in total. The number of carbonyl (C=O) groups excluding carboxylic acids is 1. The summed E-state index contributed by atoms with van der Waals surface area (Å²) in [5.41, 5.74) is 4.93. The van der Waals surface area contributed by atoms with E-state index >= 15 is 0 Å². The van der Waals surface area contributed by atoms with Crippen molar-refractivity contribution in [1.82, 2.24) is 5.32 Å². The molecule has 17 heavy (non-hydrogen) atoms. The van der Waals surface area contributed by atoms with E-state index in [2.05, 4.69) is 5.32 Å². The first-order valence-electron chi connectivity index (χ1n) is 6.23. The summed E-state index contributed by atoms with van der Waals surface area (Å²) >= 11 is 5.00. The predicted octanol–water partition coefficient (Wildman–Crippen LogP) is 1.12. The van der Waals surface area contributed by atoms with E-state index in [1.807, 2.05) is 6.92 Å². The van der Waals surface area contributed by atoms with Gasteiger partial charge in [-0.15, -0.1) is 0 Å². The molecule has 0 saturated carbocycles. The van der Waals surface area contributed by atoms with Gasteiger partial charge in [-0.25, -0.2) is 0 Å². The second-order valence-electron chi connectivity index (χ2n) is 5.24. The Labute approximate surface area is 107 Å². The number of thiocarbonyl (C=S) groups is 1. The maximum Gasteiger partial charge on any atom is 0.233 e. The zero-order valence-corrected chi connectivity index (χ0v) is 11.2. The molecule has 2 rings (SSSR count). The van der Waals surface area contributed by atoms with Crippen LogP contribution < -0.4 is 11.1 Å². The number of carbonyl (C=O) groups is 1. The summed E-state index contributed by atoms with van der Waals surface area (Å²) in [6.45, 7) is 3.73. The molecule has 0 aliphatic carbocycles. The Morgan fingerprint density at radius 1 is 1.59 bits per heavy atom. The van der Waals surface area contributed by atoms with Crippen LogP contribution in [0.3, 0.4) is 0 Å².